The first-order valence-corrected chi connectivity index (χ1v) is 8.03. The molecule has 0 atom stereocenters. The van der Waals surface area contributed by atoms with Crippen LogP contribution in [0.3, 0.4) is 0 Å². The smallest absolute Gasteiger partial charge is 0.236 e. The second-order valence-electron chi connectivity index (χ2n) is 4.65. The Bertz CT molecular complexity index is 705. The molecule has 0 aliphatic rings. The number of nitrogen functional groups attached to an aromatic ring is 1. The van der Waals surface area contributed by atoms with Gasteiger partial charge in [0.1, 0.15) is 18.1 Å². The predicted octanol–water partition coefficient (Wildman–Crippen LogP) is 1.43. The summed E-state index contributed by atoms with van der Waals surface area (Å²) in [6.07, 6.45) is 0. The summed E-state index contributed by atoms with van der Waals surface area (Å²) in [7, 11) is -3.50. The number of aryl methyl sites for hydroxylation is 2. The fraction of sp³-hybridized carbons (Fsp3) is 0.308. The molecular weight excluding hydrogens is 292 g/mol. The lowest BCUT2D eigenvalue weighted by atomic mass is 10.3. The van der Waals surface area contributed by atoms with Crippen LogP contribution in [0.4, 0.5) is 11.4 Å². The molecule has 8 heteroatoms. The van der Waals surface area contributed by atoms with Gasteiger partial charge in [-0.3, -0.25) is 9.82 Å². The normalized spacial score (nSPS) is 11.3. The van der Waals surface area contributed by atoms with Crippen LogP contribution in [-0.2, 0) is 10.0 Å². The molecule has 7 nitrogen and oxygen atoms in total. The van der Waals surface area contributed by atoms with Crippen molar-refractivity contribution < 1.29 is 13.2 Å². The van der Waals surface area contributed by atoms with E-state index < -0.39 is 10.0 Å². The van der Waals surface area contributed by atoms with Crippen LogP contribution in [0.15, 0.2) is 24.3 Å². The molecule has 0 aliphatic heterocycles. The predicted molar refractivity (Wildman–Crippen MR) is 81.8 cm³/mol. The summed E-state index contributed by atoms with van der Waals surface area (Å²) < 4.78 is 31.9. The second-order valence-corrected chi connectivity index (χ2v) is 6.49. The van der Waals surface area contributed by atoms with E-state index in [1.54, 1.807) is 38.1 Å². The standard InChI is InChI=1S/C13H18N4O3S/c1-9-13(10(2)16-15-9)17-21(18,19)7-6-20-12-5-3-4-11(14)8-12/h3-5,8,17H,6-7,14H2,1-2H3,(H,15,16). The summed E-state index contributed by atoms with van der Waals surface area (Å²) in [5.41, 5.74) is 7.95. The second kappa shape index (κ2) is 6.04. The van der Waals surface area contributed by atoms with E-state index in [9.17, 15) is 8.42 Å². The first-order chi connectivity index (χ1) is 9.87. The maximum atomic E-state index is 12.0. The molecule has 2 aromatic rings. The minimum atomic E-state index is -3.50. The number of nitrogens with zero attached hydrogens (tertiary/aromatic N) is 1. The van der Waals surface area contributed by atoms with Gasteiger partial charge in [-0.05, 0) is 26.0 Å². The van der Waals surface area contributed by atoms with Crippen LogP contribution < -0.4 is 15.2 Å². The Morgan fingerprint density at radius 1 is 1.38 bits per heavy atom. The maximum Gasteiger partial charge on any atom is 0.236 e. The number of nitrogens with one attached hydrogen (secondary N) is 2. The van der Waals surface area contributed by atoms with Crippen molar-refractivity contribution >= 4 is 21.4 Å². The first-order valence-electron chi connectivity index (χ1n) is 6.38. The summed E-state index contributed by atoms with van der Waals surface area (Å²) in [5, 5.41) is 6.67. The Labute approximate surface area is 123 Å². The van der Waals surface area contributed by atoms with Crippen molar-refractivity contribution in [3.05, 3.63) is 35.7 Å². The van der Waals surface area contributed by atoms with E-state index in [2.05, 4.69) is 14.9 Å². The van der Waals surface area contributed by atoms with Crippen LogP contribution in [0.1, 0.15) is 11.4 Å². The Balaban J connectivity index is 1.93. The molecule has 0 spiro atoms. The van der Waals surface area contributed by atoms with Crippen LogP contribution in [0.5, 0.6) is 5.75 Å². The largest absolute Gasteiger partial charge is 0.492 e. The third-order valence-corrected chi connectivity index (χ3v) is 4.08. The van der Waals surface area contributed by atoms with Crippen molar-refractivity contribution in [2.24, 2.45) is 0 Å². The van der Waals surface area contributed by atoms with Gasteiger partial charge in [-0.2, -0.15) is 5.10 Å². The molecule has 114 valence electrons. The van der Waals surface area contributed by atoms with Gasteiger partial charge in [0.2, 0.25) is 10.0 Å². The Kier molecular flexibility index (Phi) is 4.37. The van der Waals surface area contributed by atoms with Gasteiger partial charge in [0, 0.05) is 11.8 Å². The van der Waals surface area contributed by atoms with Gasteiger partial charge in [0.15, 0.2) is 0 Å². The van der Waals surface area contributed by atoms with Crippen molar-refractivity contribution in [3.63, 3.8) is 0 Å². The average Bonchev–Trinajstić information content (AvgIpc) is 2.70. The third-order valence-electron chi connectivity index (χ3n) is 2.86. The van der Waals surface area contributed by atoms with E-state index in [-0.39, 0.29) is 12.4 Å². The number of H-pyrrole nitrogens is 1. The van der Waals surface area contributed by atoms with Crippen LogP contribution >= 0.6 is 0 Å². The van der Waals surface area contributed by atoms with Gasteiger partial charge in [-0.25, -0.2) is 8.42 Å². The number of aromatic amines is 1. The SMILES string of the molecule is Cc1n[nH]c(C)c1NS(=O)(=O)CCOc1cccc(N)c1. The van der Waals surface area contributed by atoms with Crippen molar-refractivity contribution in [2.75, 3.05) is 22.8 Å². The molecule has 0 saturated carbocycles. The van der Waals surface area contributed by atoms with Crippen molar-refractivity contribution in [3.8, 4) is 5.75 Å². The van der Waals surface area contributed by atoms with Crippen LogP contribution in [0.2, 0.25) is 0 Å². The van der Waals surface area contributed by atoms with E-state index in [1.807, 2.05) is 0 Å². The molecule has 0 radical (unpaired) electrons. The van der Waals surface area contributed by atoms with Gasteiger partial charge in [-0.1, -0.05) is 6.07 Å². The minimum absolute atomic E-state index is 0.0364. The van der Waals surface area contributed by atoms with Crippen molar-refractivity contribution in [2.45, 2.75) is 13.8 Å². The number of rotatable bonds is 6. The third kappa shape index (κ3) is 4.12. The fourth-order valence-corrected chi connectivity index (χ4v) is 2.80. The highest BCUT2D eigenvalue weighted by Gasteiger charge is 2.15. The number of nitrogens with two attached hydrogens (primary N) is 1. The topological polar surface area (TPSA) is 110 Å². The van der Waals surface area contributed by atoms with E-state index >= 15 is 0 Å². The average molecular weight is 310 g/mol. The molecule has 2 rings (SSSR count). The molecule has 21 heavy (non-hydrogen) atoms. The zero-order valence-corrected chi connectivity index (χ0v) is 12.7. The van der Waals surface area contributed by atoms with Gasteiger partial charge in [0.25, 0.3) is 0 Å². The summed E-state index contributed by atoms with van der Waals surface area (Å²) in [5.74, 6) is 0.382. The van der Waals surface area contributed by atoms with Crippen LogP contribution in [0.25, 0.3) is 0 Å². The minimum Gasteiger partial charge on any atom is -0.492 e. The zero-order chi connectivity index (χ0) is 15.5. The number of hydrogen-bond donors (Lipinski definition) is 3. The molecule has 1 aromatic carbocycles. The number of ether oxygens (including phenoxy) is 1. The van der Waals surface area contributed by atoms with E-state index in [0.717, 1.165) is 0 Å². The zero-order valence-electron chi connectivity index (χ0n) is 11.9. The molecule has 0 unspecified atom stereocenters. The summed E-state index contributed by atoms with van der Waals surface area (Å²) in [6, 6.07) is 6.84. The van der Waals surface area contributed by atoms with E-state index in [4.69, 9.17) is 10.5 Å². The van der Waals surface area contributed by atoms with Gasteiger partial charge in [0.05, 0.1) is 17.1 Å². The number of aromatic nitrogens is 2. The molecule has 0 amide bonds. The molecule has 4 N–H and O–H groups in total. The molecule has 0 bridgehead atoms. The summed E-state index contributed by atoms with van der Waals surface area (Å²) in [6.45, 7) is 3.51. The Morgan fingerprint density at radius 3 is 2.76 bits per heavy atom. The fourth-order valence-electron chi connectivity index (χ4n) is 1.78. The van der Waals surface area contributed by atoms with Gasteiger partial charge in [-0.15, -0.1) is 0 Å². The quantitative estimate of drug-likeness (QED) is 0.699. The van der Waals surface area contributed by atoms with E-state index in [1.165, 1.54) is 0 Å². The van der Waals surface area contributed by atoms with Gasteiger partial charge < -0.3 is 10.5 Å². The highest BCUT2D eigenvalue weighted by Crippen LogP contribution is 2.18. The highest BCUT2D eigenvalue weighted by molar-refractivity contribution is 7.92. The van der Waals surface area contributed by atoms with Crippen molar-refractivity contribution in [1.82, 2.24) is 10.2 Å². The molecule has 0 fully saturated rings. The molecule has 0 saturated heterocycles. The monoisotopic (exact) mass is 310 g/mol. The van der Waals surface area contributed by atoms with Crippen LogP contribution in [-0.4, -0.2) is 31.0 Å². The molecule has 1 heterocycles. The maximum absolute atomic E-state index is 12.0. The lowest BCUT2D eigenvalue weighted by Crippen LogP contribution is -2.21. The van der Waals surface area contributed by atoms with Crippen LogP contribution in [0, 0.1) is 13.8 Å². The Hall–Kier alpha value is -2.22. The number of hydrogen-bond acceptors (Lipinski definition) is 5. The molecular formula is C13H18N4O3S. The molecule has 1 aromatic heterocycles. The van der Waals surface area contributed by atoms with E-state index in [0.29, 0.717) is 28.5 Å². The number of sulfonamides is 1. The summed E-state index contributed by atoms with van der Waals surface area (Å²) in [4.78, 5) is 0. The lowest BCUT2D eigenvalue weighted by Gasteiger charge is -2.09. The lowest BCUT2D eigenvalue weighted by molar-refractivity contribution is 0.341. The highest BCUT2D eigenvalue weighted by atomic mass is 32.2. The number of benzene rings is 1. The van der Waals surface area contributed by atoms with Gasteiger partial charge >= 0.3 is 0 Å². The Morgan fingerprint density at radius 2 is 2.14 bits per heavy atom. The molecule has 0 aliphatic carbocycles. The number of anilines is 2. The summed E-state index contributed by atoms with van der Waals surface area (Å²) >= 11 is 0. The van der Waals surface area contributed by atoms with Crippen molar-refractivity contribution in [1.29, 1.82) is 0 Å². The first kappa shape index (κ1) is 15.2.